The van der Waals surface area contributed by atoms with Crippen molar-refractivity contribution in [1.29, 1.82) is 0 Å². The highest BCUT2D eigenvalue weighted by Crippen LogP contribution is 2.38. The van der Waals surface area contributed by atoms with Gasteiger partial charge in [-0.25, -0.2) is 17.9 Å². The van der Waals surface area contributed by atoms with Gasteiger partial charge in [-0.1, -0.05) is 0 Å². The monoisotopic (exact) mass is 219 g/mol. The van der Waals surface area contributed by atoms with Crippen molar-refractivity contribution in [2.24, 2.45) is 5.14 Å². The maximum Gasteiger partial charge on any atom is 0.244 e. The maximum atomic E-state index is 13.1. The van der Waals surface area contributed by atoms with E-state index in [2.05, 4.69) is 0 Å². The number of halogens is 1. The van der Waals surface area contributed by atoms with Crippen molar-refractivity contribution in [1.82, 2.24) is 0 Å². The average molecular weight is 219 g/mol. The molecular weight excluding hydrogens is 213 g/mol. The third-order valence-electron chi connectivity index (χ3n) is 1.73. The van der Waals surface area contributed by atoms with Gasteiger partial charge >= 0.3 is 0 Å². The van der Waals surface area contributed by atoms with E-state index in [0.717, 1.165) is 6.07 Å². The second-order valence-electron chi connectivity index (χ2n) is 2.66. The number of rotatable bonds is 1. The standard InChI is InChI=1S/C7H6FNO4S/c8-4-1-2-5-6(13-3-12-5)7(4)14(9,10)11/h1-2H,3H2,(H2,9,10,11). The number of sulfonamides is 1. The van der Waals surface area contributed by atoms with Crippen molar-refractivity contribution in [2.45, 2.75) is 4.90 Å². The summed E-state index contributed by atoms with van der Waals surface area (Å²) in [6.07, 6.45) is 0. The van der Waals surface area contributed by atoms with Crippen LogP contribution in [-0.4, -0.2) is 15.2 Å². The van der Waals surface area contributed by atoms with Gasteiger partial charge in [-0.2, -0.15) is 0 Å². The number of benzene rings is 1. The molecule has 1 heterocycles. The van der Waals surface area contributed by atoms with Crippen LogP contribution in [0, 0.1) is 5.82 Å². The summed E-state index contributed by atoms with van der Waals surface area (Å²) >= 11 is 0. The van der Waals surface area contributed by atoms with E-state index in [1.807, 2.05) is 0 Å². The van der Waals surface area contributed by atoms with Crippen molar-refractivity contribution in [3.05, 3.63) is 17.9 Å². The van der Waals surface area contributed by atoms with Crippen LogP contribution in [0.3, 0.4) is 0 Å². The quantitative estimate of drug-likeness (QED) is 0.731. The van der Waals surface area contributed by atoms with Gasteiger partial charge in [0.15, 0.2) is 16.4 Å². The summed E-state index contributed by atoms with van der Waals surface area (Å²) in [6, 6.07) is 2.25. The van der Waals surface area contributed by atoms with Gasteiger partial charge in [0.2, 0.25) is 16.8 Å². The van der Waals surface area contributed by atoms with Gasteiger partial charge in [0.25, 0.3) is 0 Å². The molecule has 0 aliphatic carbocycles. The molecule has 2 N–H and O–H groups in total. The predicted molar refractivity (Wildman–Crippen MR) is 43.9 cm³/mol. The Morgan fingerprint density at radius 2 is 2.07 bits per heavy atom. The van der Waals surface area contributed by atoms with E-state index in [4.69, 9.17) is 14.6 Å². The molecule has 1 aliphatic heterocycles. The highest BCUT2D eigenvalue weighted by molar-refractivity contribution is 7.89. The Bertz CT molecular complexity index is 485. The first-order valence-corrected chi connectivity index (χ1v) is 5.15. The summed E-state index contributed by atoms with van der Waals surface area (Å²) < 4.78 is 44.9. The molecule has 14 heavy (non-hydrogen) atoms. The second-order valence-corrected chi connectivity index (χ2v) is 4.15. The zero-order valence-electron chi connectivity index (χ0n) is 6.86. The first-order valence-electron chi connectivity index (χ1n) is 3.61. The lowest BCUT2D eigenvalue weighted by Crippen LogP contribution is -2.14. The zero-order valence-corrected chi connectivity index (χ0v) is 7.67. The van der Waals surface area contributed by atoms with Crippen LogP contribution in [0.2, 0.25) is 0 Å². The van der Waals surface area contributed by atoms with Crippen LogP contribution < -0.4 is 14.6 Å². The Hall–Kier alpha value is -1.34. The van der Waals surface area contributed by atoms with E-state index in [-0.39, 0.29) is 18.3 Å². The van der Waals surface area contributed by atoms with E-state index in [1.54, 1.807) is 0 Å². The van der Waals surface area contributed by atoms with Crippen LogP contribution in [0.1, 0.15) is 0 Å². The number of fused-ring (bicyclic) bond motifs is 1. The largest absolute Gasteiger partial charge is 0.454 e. The van der Waals surface area contributed by atoms with Crippen LogP contribution in [0.4, 0.5) is 4.39 Å². The molecule has 0 amide bonds. The molecule has 0 radical (unpaired) electrons. The summed E-state index contributed by atoms with van der Waals surface area (Å²) in [5, 5.41) is 4.83. The molecule has 0 unspecified atom stereocenters. The first-order chi connectivity index (χ1) is 6.50. The van der Waals surface area contributed by atoms with Crippen molar-refractivity contribution in [3.63, 3.8) is 0 Å². The third kappa shape index (κ3) is 1.30. The molecule has 0 atom stereocenters. The van der Waals surface area contributed by atoms with Crippen LogP contribution >= 0.6 is 0 Å². The number of hydrogen-bond acceptors (Lipinski definition) is 4. The maximum absolute atomic E-state index is 13.1. The molecule has 0 aromatic heterocycles. The SMILES string of the molecule is NS(=O)(=O)c1c(F)ccc2c1OCO2. The molecule has 0 saturated carbocycles. The lowest BCUT2D eigenvalue weighted by Gasteiger charge is -2.03. The third-order valence-corrected chi connectivity index (χ3v) is 2.68. The number of hydrogen-bond donors (Lipinski definition) is 1. The molecular formula is C7H6FNO4S. The van der Waals surface area contributed by atoms with E-state index in [9.17, 15) is 12.8 Å². The highest BCUT2D eigenvalue weighted by Gasteiger charge is 2.27. The van der Waals surface area contributed by atoms with Gasteiger partial charge in [-0.3, -0.25) is 0 Å². The molecule has 1 aromatic rings. The minimum Gasteiger partial charge on any atom is -0.454 e. The van der Waals surface area contributed by atoms with Gasteiger partial charge in [0, 0.05) is 0 Å². The Balaban J connectivity index is 2.76. The zero-order chi connectivity index (χ0) is 10.3. The van der Waals surface area contributed by atoms with Crippen LogP contribution in [0.25, 0.3) is 0 Å². The average Bonchev–Trinajstić information content (AvgIpc) is 2.48. The Morgan fingerprint density at radius 3 is 2.71 bits per heavy atom. The van der Waals surface area contributed by atoms with Crippen LogP contribution in [-0.2, 0) is 10.0 Å². The fraction of sp³-hybridized carbons (Fsp3) is 0.143. The second kappa shape index (κ2) is 2.82. The molecule has 76 valence electrons. The Kier molecular flexibility index (Phi) is 1.86. The fourth-order valence-electron chi connectivity index (χ4n) is 1.19. The van der Waals surface area contributed by atoms with E-state index in [1.165, 1.54) is 6.07 Å². The minimum absolute atomic E-state index is 0.138. The summed E-state index contributed by atoms with van der Waals surface area (Å²) in [7, 11) is -4.14. The molecule has 5 nitrogen and oxygen atoms in total. The number of nitrogens with two attached hydrogens (primary N) is 1. The van der Waals surface area contributed by atoms with Gasteiger partial charge < -0.3 is 9.47 Å². The van der Waals surface area contributed by atoms with Gasteiger partial charge in [-0.15, -0.1) is 0 Å². The predicted octanol–water partition coefficient (Wildman–Crippen LogP) is 0.202. The summed E-state index contributed by atoms with van der Waals surface area (Å²) in [5.41, 5.74) is 0. The van der Waals surface area contributed by atoms with Gasteiger partial charge in [0.05, 0.1) is 0 Å². The van der Waals surface area contributed by atoms with E-state index >= 15 is 0 Å². The lowest BCUT2D eigenvalue weighted by atomic mass is 10.3. The van der Waals surface area contributed by atoms with Crippen LogP contribution in [0.5, 0.6) is 11.5 Å². The summed E-state index contributed by atoms with van der Waals surface area (Å²) in [6.45, 7) is -0.138. The lowest BCUT2D eigenvalue weighted by molar-refractivity contribution is 0.171. The molecule has 2 rings (SSSR count). The summed E-state index contributed by atoms with van der Waals surface area (Å²) in [4.78, 5) is -0.660. The topological polar surface area (TPSA) is 78.6 Å². The molecule has 0 fully saturated rings. The molecule has 1 aromatic carbocycles. The smallest absolute Gasteiger partial charge is 0.244 e. The van der Waals surface area contributed by atoms with Gasteiger partial charge in [0.1, 0.15) is 5.82 Å². The molecule has 1 aliphatic rings. The van der Waals surface area contributed by atoms with Crippen molar-refractivity contribution < 1.29 is 22.3 Å². The van der Waals surface area contributed by atoms with Crippen molar-refractivity contribution in [2.75, 3.05) is 6.79 Å². The molecule has 0 bridgehead atoms. The van der Waals surface area contributed by atoms with E-state index in [0.29, 0.717) is 0 Å². The Morgan fingerprint density at radius 1 is 1.36 bits per heavy atom. The molecule has 7 heteroatoms. The van der Waals surface area contributed by atoms with Crippen molar-refractivity contribution in [3.8, 4) is 11.5 Å². The van der Waals surface area contributed by atoms with Crippen molar-refractivity contribution >= 4 is 10.0 Å². The number of primary sulfonamides is 1. The van der Waals surface area contributed by atoms with Crippen LogP contribution in [0.15, 0.2) is 17.0 Å². The fourth-order valence-corrected chi connectivity index (χ4v) is 1.95. The Labute approximate surface area is 79.3 Å². The summed E-state index contributed by atoms with van der Waals surface area (Å²) in [5.74, 6) is -0.931. The normalized spacial score (nSPS) is 14.4. The van der Waals surface area contributed by atoms with E-state index < -0.39 is 20.7 Å². The van der Waals surface area contributed by atoms with Gasteiger partial charge in [-0.05, 0) is 12.1 Å². The molecule has 0 spiro atoms. The highest BCUT2D eigenvalue weighted by atomic mass is 32.2. The molecule has 0 saturated heterocycles. The number of ether oxygens (including phenoxy) is 2. The first kappa shape index (κ1) is 9.22. The minimum atomic E-state index is -4.14.